The summed E-state index contributed by atoms with van der Waals surface area (Å²) >= 11 is 0. The molecule has 19 heavy (non-hydrogen) atoms. The van der Waals surface area contributed by atoms with Crippen LogP contribution >= 0.6 is 0 Å². The molecule has 2 rings (SSSR count). The van der Waals surface area contributed by atoms with Crippen molar-refractivity contribution in [2.45, 2.75) is 32.0 Å². The Labute approximate surface area is 112 Å². The van der Waals surface area contributed by atoms with Gasteiger partial charge in [0.1, 0.15) is 5.75 Å². The quantitative estimate of drug-likeness (QED) is 0.829. The van der Waals surface area contributed by atoms with Crippen molar-refractivity contribution in [2.24, 2.45) is 0 Å². The Bertz CT molecular complexity index is 444. The number of ether oxygens (including phenoxy) is 2. The monoisotopic (exact) mass is 262 g/mol. The van der Waals surface area contributed by atoms with E-state index in [1.165, 1.54) is 0 Å². The largest absolute Gasteiger partial charge is 0.478 e. The zero-order chi connectivity index (χ0) is 13.7. The summed E-state index contributed by atoms with van der Waals surface area (Å²) in [6, 6.07) is 7.38. The molecule has 0 bridgehead atoms. The lowest BCUT2D eigenvalue weighted by molar-refractivity contribution is -0.132. The van der Waals surface area contributed by atoms with Crippen LogP contribution in [0, 0.1) is 0 Å². The van der Waals surface area contributed by atoms with Crippen LogP contribution in [0.1, 0.15) is 24.8 Å². The third kappa shape index (κ3) is 4.10. The van der Waals surface area contributed by atoms with Crippen molar-refractivity contribution in [2.75, 3.05) is 6.61 Å². The van der Waals surface area contributed by atoms with E-state index in [9.17, 15) is 4.79 Å². The van der Waals surface area contributed by atoms with Gasteiger partial charge in [-0.2, -0.15) is 0 Å². The van der Waals surface area contributed by atoms with Gasteiger partial charge in [0.2, 0.25) is 0 Å². The molecule has 0 amide bonds. The number of carbonyl (C=O) groups is 1. The molecule has 1 fully saturated rings. The molecule has 1 aromatic carbocycles. The van der Waals surface area contributed by atoms with Crippen molar-refractivity contribution < 1.29 is 19.4 Å². The second-order valence-corrected chi connectivity index (χ2v) is 4.64. The molecule has 1 unspecified atom stereocenters. The summed E-state index contributed by atoms with van der Waals surface area (Å²) in [7, 11) is 0. The van der Waals surface area contributed by atoms with Crippen LogP contribution in [-0.4, -0.2) is 24.0 Å². The Balaban J connectivity index is 1.90. The van der Waals surface area contributed by atoms with Gasteiger partial charge >= 0.3 is 5.97 Å². The predicted molar refractivity (Wildman–Crippen MR) is 71.1 cm³/mol. The molecule has 1 N–H and O–H groups in total. The Morgan fingerprint density at radius 1 is 1.37 bits per heavy atom. The van der Waals surface area contributed by atoms with E-state index >= 15 is 0 Å². The van der Waals surface area contributed by atoms with E-state index in [4.69, 9.17) is 14.6 Å². The van der Waals surface area contributed by atoms with E-state index in [1.807, 2.05) is 24.3 Å². The highest BCUT2D eigenvalue weighted by Gasteiger charge is 2.15. The average molecular weight is 262 g/mol. The van der Waals surface area contributed by atoms with Gasteiger partial charge in [0.05, 0.1) is 6.61 Å². The number of hydrogen-bond donors (Lipinski definition) is 1. The number of carboxylic acid groups (broad SMARTS) is 1. The molecule has 1 aliphatic rings. The van der Waals surface area contributed by atoms with Crippen LogP contribution in [0.2, 0.25) is 0 Å². The van der Waals surface area contributed by atoms with Gasteiger partial charge < -0.3 is 14.6 Å². The van der Waals surface area contributed by atoms with E-state index in [1.54, 1.807) is 0 Å². The second kappa shape index (κ2) is 6.38. The van der Waals surface area contributed by atoms with E-state index in [2.05, 4.69) is 6.58 Å². The number of carboxylic acids is 1. The molecule has 4 heteroatoms. The minimum Gasteiger partial charge on any atom is -0.478 e. The number of aliphatic carboxylic acids is 1. The lowest BCUT2D eigenvalue weighted by Gasteiger charge is -2.23. The van der Waals surface area contributed by atoms with Gasteiger partial charge in [0.25, 0.3) is 0 Å². The summed E-state index contributed by atoms with van der Waals surface area (Å²) in [5, 5.41) is 8.77. The fourth-order valence-electron chi connectivity index (χ4n) is 1.96. The van der Waals surface area contributed by atoms with Gasteiger partial charge in [-0.25, -0.2) is 4.79 Å². The third-order valence-electron chi connectivity index (χ3n) is 3.05. The van der Waals surface area contributed by atoms with Crippen LogP contribution in [0.15, 0.2) is 36.4 Å². The molecule has 102 valence electrons. The molecule has 1 heterocycles. The molecule has 1 atom stereocenters. The van der Waals surface area contributed by atoms with Crippen molar-refractivity contribution in [3.63, 3.8) is 0 Å². The topological polar surface area (TPSA) is 55.8 Å². The van der Waals surface area contributed by atoms with Crippen molar-refractivity contribution >= 4 is 5.97 Å². The third-order valence-corrected chi connectivity index (χ3v) is 3.05. The molecular weight excluding hydrogens is 244 g/mol. The maximum atomic E-state index is 10.7. The molecule has 4 nitrogen and oxygen atoms in total. The van der Waals surface area contributed by atoms with Crippen molar-refractivity contribution in [1.29, 1.82) is 0 Å². The normalized spacial score (nSPS) is 18.8. The first-order valence-corrected chi connectivity index (χ1v) is 6.43. The van der Waals surface area contributed by atoms with Crippen LogP contribution in [0.3, 0.4) is 0 Å². The number of rotatable bonds is 5. The summed E-state index contributed by atoms with van der Waals surface area (Å²) < 4.78 is 11.2. The van der Waals surface area contributed by atoms with Gasteiger partial charge in [0.15, 0.2) is 6.29 Å². The van der Waals surface area contributed by atoms with E-state index in [-0.39, 0.29) is 11.9 Å². The SMILES string of the molecule is C=C(Cc1ccc(OC2CCCCO2)cc1)C(=O)O. The van der Waals surface area contributed by atoms with Gasteiger partial charge in [-0.3, -0.25) is 0 Å². The average Bonchev–Trinajstić information content (AvgIpc) is 2.42. The fourth-order valence-corrected chi connectivity index (χ4v) is 1.96. The van der Waals surface area contributed by atoms with Crippen molar-refractivity contribution in [1.82, 2.24) is 0 Å². The first kappa shape index (κ1) is 13.6. The van der Waals surface area contributed by atoms with Crippen LogP contribution in [-0.2, 0) is 16.0 Å². The second-order valence-electron chi connectivity index (χ2n) is 4.64. The van der Waals surface area contributed by atoms with Gasteiger partial charge in [-0.05, 0) is 30.5 Å². The Kier molecular flexibility index (Phi) is 4.58. The minimum absolute atomic E-state index is 0.159. The Morgan fingerprint density at radius 3 is 2.68 bits per heavy atom. The Hall–Kier alpha value is -1.81. The molecule has 0 radical (unpaired) electrons. The van der Waals surface area contributed by atoms with E-state index in [0.29, 0.717) is 6.42 Å². The van der Waals surface area contributed by atoms with Crippen LogP contribution in [0.25, 0.3) is 0 Å². The smallest absolute Gasteiger partial charge is 0.331 e. The maximum absolute atomic E-state index is 10.7. The van der Waals surface area contributed by atoms with Crippen LogP contribution < -0.4 is 4.74 Å². The van der Waals surface area contributed by atoms with Crippen molar-refractivity contribution in [3.05, 3.63) is 42.0 Å². The van der Waals surface area contributed by atoms with Crippen LogP contribution in [0.5, 0.6) is 5.75 Å². The molecule has 0 spiro atoms. The summed E-state index contributed by atoms with van der Waals surface area (Å²) in [4.78, 5) is 10.7. The van der Waals surface area contributed by atoms with Crippen LogP contribution in [0.4, 0.5) is 0 Å². The molecule has 0 aliphatic carbocycles. The fraction of sp³-hybridized carbons (Fsp3) is 0.400. The minimum atomic E-state index is -0.962. The lowest BCUT2D eigenvalue weighted by atomic mass is 10.1. The molecule has 1 saturated heterocycles. The molecular formula is C15H18O4. The first-order chi connectivity index (χ1) is 9.15. The molecule has 0 saturated carbocycles. The molecule has 0 aromatic heterocycles. The van der Waals surface area contributed by atoms with Crippen molar-refractivity contribution in [3.8, 4) is 5.75 Å². The summed E-state index contributed by atoms with van der Waals surface area (Å²) in [5.74, 6) is -0.215. The Morgan fingerprint density at radius 2 is 2.11 bits per heavy atom. The standard InChI is InChI=1S/C15H18O4/c1-11(15(16)17)10-12-5-7-13(8-6-12)19-14-4-2-3-9-18-14/h5-8,14H,1-4,9-10H2,(H,16,17). The van der Waals surface area contributed by atoms with Gasteiger partial charge in [0, 0.05) is 18.4 Å². The highest BCUT2D eigenvalue weighted by atomic mass is 16.7. The summed E-state index contributed by atoms with van der Waals surface area (Å²) in [6.07, 6.45) is 3.32. The van der Waals surface area contributed by atoms with E-state index < -0.39 is 5.97 Å². The molecule has 1 aliphatic heterocycles. The number of benzene rings is 1. The highest BCUT2D eigenvalue weighted by Crippen LogP contribution is 2.20. The predicted octanol–water partition coefficient (Wildman–Crippen LogP) is 2.78. The molecule has 1 aromatic rings. The summed E-state index contributed by atoms with van der Waals surface area (Å²) in [6.45, 7) is 4.27. The van der Waals surface area contributed by atoms with Gasteiger partial charge in [-0.15, -0.1) is 0 Å². The highest BCUT2D eigenvalue weighted by molar-refractivity contribution is 5.86. The first-order valence-electron chi connectivity index (χ1n) is 6.43. The van der Waals surface area contributed by atoms with Gasteiger partial charge in [-0.1, -0.05) is 18.7 Å². The lowest BCUT2D eigenvalue weighted by Crippen LogP contribution is -2.24. The zero-order valence-corrected chi connectivity index (χ0v) is 10.8. The summed E-state index contributed by atoms with van der Waals surface area (Å²) in [5.41, 5.74) is 1.09. The zero-order valence-electron chi connectivity index (χ0n) is 10.8. The maximum Gasteiger partial charge on any atom is 0.331 e. The van der Waals surface area contributed by atoms with E-state index in [0.717, 1.165) is 37.2 Å². The number of hydrogen-bond acceptors (Lipinski definition) is 3.